The van der Waals surface area contributed by atoms with Crippen molar-refractivity contribution < 1.29 is 4.79 Å². The molecule has 1 aliphatic heterocycles. The molecule has 0 bridgehead atoms. The first-order chi connectivity index (χ1) is 8.61. The Balaban J connectivity index is 0.000000180. The molecule has 1 heterocycles. The number of likely N-dealkylation sites (tertiary alicyclic amines) is 1. The van der Waals surface area contributed by atoms with Crippen molar-refractivity contribution in [1.82, 2.24) is 9.80 Å². The number of piperidine rings is 1. The van der Waals surface area contributed by atoms with E-state index in [0.717, 1.165) is 19.1 Å². The Morgan fingerprint density at radius 3 is 1.78 bits per heavy atom. The number of amides is 1. The molecule has 0 unspecified atom stereocenters. The lowest BCUT2D eigenvalue weighted by Gasteiger charge is -2.27. The average Bonchev–Trinajstić information content (AvgIpc) is 2.41. The van der Waals surface area contributed by atoms with Gasteiger partial charge in [-0.3, -0.25) is 4.79 Å². The van der Waals surface area contributed by atoms with Gasteiger partial charge < -0.3 is 9.80 Å². The first kappa shape index (κ1) is 15.5. The Morgan fingerprint density at radius 2 is 1.44 bits per heavy atom. The molecule has 1 aliphatic carbocycles. The Labute approximate surface area is 113 Å². The fourth-order valence-corrected chi connectivity index (χ4v) is 2.81. The van der Waals surface area contributed by atoms with Crippen molar-refractivity contribution in [1.29, 1.82) is 0 Å². The second-order valence-corrected chi connectivity index (χ2v) is 5.82. The number of hydrogen-bond donors (Lipinski definition) is 0. The summed E-state index contributed by atoms with van der Waals surface area (Å²) in [6.07, 6.45) is 10.9. The van der Waals surface area contributed by atoms with E-state index in [4.69, 9.17) is 0 Å². The van der Waals surface area contributed by atoms with Crippen molar-refractivity contribution in [2.24, 2.45) is 0 Å². The molecule has 0 radical (unpaired) electrons. The molecule has 1 saturated carbocycles. The van der Waals surface area contributed by atoms with Gasteiger partial charge in [0.2, 0.25) is 5.91 Å². The van der Waals surface area contributed by atoms with Gasteiger partial charge in [0.1, 0.15) is 0 Å². The summed E-state index contributed by atoms with van der Waals surface area (Å²) < 4.78 is 0. The van der Waals surface area contributed by atoms with E-state index in [1.807, 2.05) is 4.90 Å². The topological polar surface area (TPSA) is 23.6 Å². The predicted octanol–water partition coefficient (Wildman–Crippen LogP) is 2.90. The standard InChI is InChI=1S/C8H17N.C7H13NO/c1-9(2)8-6-4-3-5-7-8;1-7(9)8-5-3-2-4-6-8/h8H,3-7H2,1-2H3;2-6H2,1H3. The van der Waals surface area contributed by atoms with Crippen LogP contribution in [0.25, 0.3) is 0 Å². The number of hydrogen-bond acceptors (Lipinski definition) is 2. The molecule has 3 nitrogen and oxygen atoms in total. The summed E-state index contributed by atoms with van der Waals surface area (Å²) in [7, 11) is 4.38. The zero-order valence-corrected chi connectivity index (χ0v) is 12.5. The Bertz CT molecular complexity index is 229. The maximum atomic E-state index is 10.7. The van der Waals surface area contributed by atoms with E-state index >= 15 is 0 Å². The summed E-state index contributed by atoms with van der Waals surface area (Å²) in [5.41, 5.74) is 0. The van der Waals surface area contributed by atoms with Crippen LogP contribution < -0.4 is 0 Å². The van der Waals surface area contributed by atoms with E-state index in [9.17, 15) is 4.79 Å². The molecule has 3 heteroatoms. The summed E-state index contributed by atoms with van der Waals surface area (Å²) in [5.74, 6) is 0.231. The minimum atomic E-state index is 0.231. The van der Waals surface area contributed by atoms with E-state index in [1.54, 1.807) is 6.92 Å². The van der Waals surface area contributed by atoms with Gasteiger partial charge in [-0.15, -0.1) is 0 Å². The Hall–Kier alpha value is -0.570. The van der Waals surface area contributed by atoms with E-state index in [2.05, 4.69) is 19.0 Å². The minimum absolute atomic E-state index is 0.231. The smallest absolute Gasteiger partial charge is 0.219 e. The third-order valence-corrected chi connectivity index (χ3v) is 4.11. The molecule has 0 N–H and O–H groups in total. The highest BCUT2D eigenvalue weighted by molar-refractivity contribution is 5.73. The Kier molecular flexibility index (Phi) is 7.33. The molecule has 0 aromatic heterocycles. The van der Waals surface area contributed by atoms with Crippen molar-refractivity contribution in [2.45, 2.75) is 64.3 Å². The van der Waals surface area contributed by atoms with Crippen LogP contribution in [0.3, 0.4) is 0 Å². The number of carbonyl (C=O) groups excluding carboxylic acids is 1. The van der Waals surface area contributed by atoms with Crippen molar-refractivity contribution >= 4 is 5.91 Å². The fraction of sp³-hybridized carbons (Fsp3) is 0.933. The normalized spacial score (nSPS) is 21.4. The number of nitrogens with zero attached hydrogens (tertiary/aromatic N) is 2. The number of rotatable bonds is 1. The summed E-state index contributed by atoms with van der Waals surface area (Å²) in [4.78, 5) is 15.0. The van der Waals surface area contributed by atoms with Crippen LogP contribution in [0.15, 0.2) is 0 Å². The monoisotopic (exact) mass is 254 g/mol. The third-order valence-electron chi connectivity index (χ3n) is 4.11. The van der Waals surface area contributed by atoms with Gasteiger partial charge in [0.15, 0.2) is 0 Å². The zero-order valence-electron chi connectivity index (χ0n) is 12.5. The zero-order chi connectivity index (χ0) is 13.4. The van der Waals surface area contributed by atoms with Crippen LogP contribution in [-0.2, 0) is 4.79 Å². The fourth-order valence-electron chi connectivity index (χ4n) is 2.81. The first-order valence-corrected chi connectivity index (χ1v) is 7.53. The SMILES string of the molecule is CC(=O)N1CCCCC1.CN(C)C1CCCCC1. The Morgan fingerprint density at radius 1 is 0.944 bits per heavy atom. The molecule has 0 aromatic rings. The quantitative estimate of drug-likeness (QED) is 0.718. The predicted molar refractivity (Wildman–Crippen MR) is 76.7 cm³/mol. The van der Waals surface area contributed by atoms with Gasteiger partial charge in [-0.05, 0) is 46.2 Å². The molecule has 2 rings (SSSR count). The highest BCUT2D eigenvalue weighted by atomic mass is 16.2. The highest BCUT2D eigenvalue weighted by Crippen LogP contribution is 2.20. The molecule has 1 saturated heterocycles. The second-order valence-electron chi connectivity index (χ2n) is 5.82. The van der Waals surface area contributed by atoms with Crippen molar-refractivity contribution in [3.63, 3.8) is 0 Å². The van der Waals surface area contributed by atoms with Gasteiger partial charge in [-0.1, -0.05) is 19.3 Å². The lowest BCUT2D eigenvalue weighted by atomic mass is 9.95. The van der Waals surface area contributed by atoms with Crippen molar-refractivity contribution in [3.8, 4) is 0 Å². The van der Waals surface area contributed by atoms with Gasteiger partial charge in [-0.25, -0.2) is 0 Å². The maximum Gasteiger partial charge on any atom is 0.219 e. The molecule has 2 aliphatic rings. The molecule has 106 valence electrons. The summed E-state index contributed by atoms with van der Waals surface area (Å²) in [5, 5.41) is 0. The van der Waals surface area contributed by atoms with E-state index in [1.165, 1.54) is 51.4 Å². The number of carbonyl (C=O) groups is 1. The van der Waals surface area contributed by atoms with Crippen LogP contribution in [0.1, 0.15) is 58.3 Å². The minimum Gasteiger partial charge on any atom is -0.343 e. The average molecular weight is 254 g/mol. The van der Waals surface area contributed by atoms with E-state index in [0.29, 0.717) is 0 Å². The van der Waals surface area contributed by atoms with Gasteiger partial charge in [0.25, 0.3) is 0 Å². The molecule has 1 amide bonds. The van der Waals surface area contributed by atoms with Crippen molar-refractivity contribution in [3.05, 3.63) is 0 Å². The maximum absolute atomic E-state index is 10.7. The van der Waals surface area contributed by atoms with Crippen LogP contribution in [0.5, 0.6) is 0 Å². The molecule has 18 heavy (non-hydrogen) atoms. The molecule has 0 atom stereocenters. The van der Waals surface area contributed by atoms with Crippen LogP contribution in [0.2, 0.25) is 0 Å². The van der Waals surface area contributed by atoms with Crippen LogP contribution in [-0.4, -0.2) is 48.9 Å². The van der Waals surface area contributed by atoms with Crippen molar-refractivity contribution in [2.75, 3.05) is 27.2 Å². The highest BCUT2D eigenvalue weighted by Gasteiger charge is 2.14. The largest absolute Gasteiger partial charge is 0.343 e. The molecule has 0 spiro atoms. The molecular formula is C15H30N2O. The summed E-state index contributed by atoms with van der Waals surface area (Å²) in [6.45, 7) is 3.61. The van der Waals surface area contributed by atoms with Gasteiger partial charge in [-0.2, -0.15) is 0 Å². The van der Waals surface area contributed by atoms with Gasteiger partial charge >= 0.3 is 0 Å². The van der Waals surface area contributed by atoms with Crippen LogP contribution >= 0.6 is 0 Å². The molecule has 2 fully saturated rings. The van der Waals surface area contributed by atoms with Crippen LogP contribution in [0, 0.1) is 0 Å². The van der Waals surface area contributed by atoms with Gasteiger partial charge in [0, 0.05) is 26.1 Å². The first-order valence-electron chi connectivity index (χ1n) is 7.53. The van der Waals surface area contributed by atoms with E-state index < -0.39 is 0 Å². The molecule has 0 aromatic carbocycles. The second kappa shape index (κ2) is 8.52. The molecular weight excluding hydrogens is 224 g/mol. The lowest BCUT2D eigenvalue weighted by Crippen LogP contribution is -2.33. The third kappa shape index (κ3) is 5.85. The van der Waals surface area contributed by atoms with Gasteiger partial charge in [0.05, 0.1) is 0 Å². The summed E-state index contributed by atoms with van der Waals surface area (Å²) >= 11 is 0. The lowest BCUT2D eigenvalue weighted by molar-refractivity contribution is -0.129. The van der Waals surface area contributed by atoms with Crippen LogP contribution in [0.4, 0.5) is 0 Å². The van der Waals surface area contributed by atoms with E-state index in [-0.39, 0.29) is 5.91 Å². The summed E-state index contributed by atoms with van der Waals surface area (Å²) in [6, 6.07) is 0.888.